The number of nitrogens with zero attached hydrogens (tertiary/aromatic N) is 2. The molecule has 4 aromatic carbocycles. The van der Waals surface area contributed by atoms with Gasteiger partial charge in [-0.1, -0.05) is 61.5 Å². The van der Waals surface area contributed by atoms with E-state index in [1.165, 1.54) is 17.2 Å². The van der Waals surface area contributed by atoms with E-state index in [0.29, 0.717) is 12.5 Å². The summed E-state index contributed by atoms with van der Waals surface area (Å²) in [5.74, 6) is 0.968. The second-order valence-corrected chi connectivity index (χ2v) is 10.4. The lowest BCUT2D eigenvalue weighted by molar-refractivity contribution is 0.307. The summed E-state index contributed by atoms with van der Waals surface area (Å²) in [5, 5.41) is 9.31. The van der Waals surface area contributed by atoms with Crippen LogP contribution in [-0.4, -0.2) is 13.1 Å². The number of benzene rings is 4. The molecule has 0 N–H and O–H groups in total. The molecule has 1 aliphatic rings. The first-order valence-electron chi connectivity index (χ1n) is 13.3. The fourth-order valence-corrected chi connectivity index (χ4v) is 5.10. The van der Waals surface area contributed by atoms with Crippen LogP contribution >= 0.6 is 0 Å². The van der Waals surface area contributed by atoms with Crippen LogP contribution in [0.15, 0.2) is 78.9 Å². The minimum absolute atomic E-state index is 0.0446. The predicted molar refractivity (Wildman–Crippen MR) is 153 cm³/mol. The van der Waals surface area contributed by atoms with Gasteiger partial charge in [-0.2, -0.15) is 5.26 Å². The van der Waals surface area contributed by atoms with Crippen molar-refractivity contribution in [2.45, 2.75) is 40.2 Å². The molecule has 0 amide bonds. The molecule has 1 aliphatic heterocycles. The molecule has 4 aromatic rings. The van der Waals surface area contributed by atoms with E-state index >= 15 is 0 Å². The molecule has 0 saturated carbocycles. The molecule has 38 heavy (non-hydrogen) atoms. The van der Waals surface area contributed by atoms with Gasteiger partial charge in [0.05, 0.1) is 5.56 Å². The number of rotatable bonds is 6. The van der Waals surface area contributed by atoms with Crippen LogP contribution in [0.2, 0.25) is 0 Å². The molecule has 0 aliphatic carbocycles. The third kappa shape index (κ3) is 5.43. The summed E-state index contributed by atoms with van der Waals surface area (Å²) in [6, 6.07) is 27.7. The van der Waals surface area contributed by atoms with Gasteiger partial charge in [0.25, 0.3) is 0 Å². The van der Waals surface area contributed by atoms with Crippen LogP contribution in [0.4, 0.5) is 10.1 Å². The maximum absolute atomic E-state index is 14.9. The maximum atomic E-state index is 14.9. The summed E-state index contributed by atoms with van der Waals surface area (Å²) in [6.07, 6.45) is 2.28. The summed E-state index contributed by atoms with van der Waals surface area (Å²) in [6.45, 7) is 8.89. The Morgan fingerprint density at radius 1 is 0.895 bits per heavy atom. The summed E-state index contributed by atoms with van der Waals surface area (Å²) in [7, 11) is 0. The minimum Gasteiger partial charge on any atom is -0.488 e. The molecule has 0 aromatic heterocycles. The first-order chi connectivity index (χ1) is 18.4. The van der Waals surface area contributed by atoms with E-state index in [4.69, 9.17) is 4.74 Å². The summed E-state index contributed by atoms with van der Waals surface area (Å²) >= 11 is 0. The van der Waals surface area contributed by atoms with Crippen molar-refractivity contribution >= 4 is 5.69 Å². The van der Waals surface area contributed by atoms with Crippen molar-refractivity contribution in [2.75, 3.05) is 18.0 Å². The van der Waals surface area contributed by atoms with Gasteiger partial charge >= 0.3 is 0 Å². The zero-order valence-electron chi connectivity index (χ0n) is 22.3. The quantitative estimate of drug-likeness (QED) is 0.264. The first-order valence-corrected chi connectivity index (χ1v) is 13.3. The average molecular weight is 505 g/mol. The lowest BCUT2D eigenvalue weighted by Crippen LogP contribution is -2.32. The fourth-order valence-electron chi connectivity index (χ4n) is 5.10. The smallest absolute Gasteiger partial charge is 0.141 e. The van der Waals surface area contributed by atoms with E-state index in [1.807, 2.05) is 30.3 Å². The molecule has 1 saturated heterocycles. The van der Waals surface area contributed by atoms with Gasteiger partial charge in [-0.3, -0.25) is 0 Å². The molecule has 4 heteroatoms. The number of nitriles is 1. The van der Waals surface area contributed by atoms with E-state index in [9.17, 15) is 9.65 Å². The fraction of sp³-hybridized carbons (Fsp3) is 0.265. The van der Waals surface area contributed by atoms with Crippen molar-refractivity contribution in [1.82, 2.24) is 0 Å². The van der Waals surface area contributed by atoms with Crippen LogP contribution in [-0.2, 0) is 6.61 Å². The Labute approximate surface area is 225 Å². The Hall–Kier alpha value is -4.10. The molecule has 1 fully saturated rings. The van der Waals surface area contributed by atoms with E-state index in [0.717, 1.165) is 65.2 Å². The first kappa shape index (κ1) is 25.5. The van der Waals surface area contributed by atoms with Gasteiger partial charge in [0, 0.05) is 30.4 Å². The van der Waals surface area contributed by atoms with Crippen molar-refractivity contribution in [3.8, 4) is 34.1 Å². The van der Waals surface area contributed by atoms with Crippen LogP contribution in [0.3, 0.4) is 0 Å². The van der Waals surface area contributed by atoms with Crippen molar-refractivity contribution in [1.29, 1.82) is 5.26 Å². The van der Waals surface area contributed by atoms with Crippen molar-refractivity contribution < 1.29 is 9.13 Å². The minimum atomic E-state index is -0.514. The van der Waals surface area contributed by atoms with Crippen LogP contribution < -0.4 is 9.64 Å². The summed E-state index contributed by atoms with van der Waals surface area (Å²) < 4.78 is 21.5. The normalized spacial score (nSPS) is 13.8. The lowest BCUT2D eigenvalue weighted by Gasteiger charge is -2.33. The summed E-state index contributed by atoms with van der Waals surface area (Å²) in [4.78, 5) is 2.41. The highest BCUT2D eigenvalue weighted by atomic mass is 19.1. The number of ether oxygens (including phenoxy) is 1. The van der Waals surface area contributed by atoms with Crippen molar-refractivity contribution in [3.63, 3.8) is 0 Å². The number of anilines is 1. The van der Waals surface area contributed by atoms with Crippen LogP contribution in [0.5, 0.6) is 5.75 Å². The second-order valence-electron chi connectivity index (χ2n) is 10.4. The van der Waals surface area contributed by atoms with E-state index in [1.54, 1.807) is 6.07 Å². The number of halogens is 1. The van der Waals surface area contributed by atoms with Gasteiger partial charge in [-0.15, -0.1) is 0 Å². The molecule has 3 nitrogen and oxygen atoms in total. The number of hydrogen-bond acceptors (Lipinski definition) is 3. The predicted octanol–water partition coefficient (Wildman–Crippen LogP) is 8.46. The number of hydrogen-bond donors (Lipinski definition) is 0. The monoisotopic (exact) mass is 504 g/mol. The Morgan fingerprint density at radius 2 is 1.63 bits per heavy atom. The number of piperidine rings is 1. The van der Waals surface area contributed by atoms with Gasteiger partial charge < -0.3 is 9.64 Å². The third-order valence-electron chi connectivity index (χ3n) is 7.67. The zero-order valence-corrected chi connectivity index (χ0v) is 22.3. The van der Waals surface area contributed by atoms with Gasteiger partial charge in [-0.25, -0.2) is 4.39 Å². The SMILES string of the molecule is Cc1ccc(-c2c(OCc3ccccc3)cc(N3CCC(C)CC3)cc2-c2ccc(C#N)c(F)c2)cc1C. The van der Waals surface area contributed by atoms with Gasteiger partial charge in [-0.05, 0) is 84.2 Å². The number of aryl methyl sites for hydroxylation is 2. The molecule has 5 rings (SSSR count). The maximum Gasteiger partial charge on any atom is 0.141 e. The lowest BCUT2D eigenvalue weighted by atomic mass is 9.90. The Bertz CT molecular complexity index is 1480. The van der Waals surface area contributed by atoms with Crippen molar-refractivity contribution in [2.24, 2.45) is 5.92 Å². The van der Waals surface area contributed by atoms with E-state index < -0.39 is 5.82 Å². The molecule has 0 spiro atoms. The largest absolute Gasteiger partial charge is 0.488 e. The molecule has 0 unspecified atom stereocenters. The average Bonchev–Trinajstić information content (AvgIpc) is 2.94. The highest BCUT2D eigenvalue weighted by Crippen LogP contribution is 2.44. The standard InChI is InChI=1S/C34H33FN2O/c1-23-13-15-37(16-14-23)30-19-31(27-11-12-29(21-36)32(35)18-27)34(28-10-9-24(2)25(3)17-28)33(20-30)38-22-26-7-5-4-6-8-26/h4-12,17-20,23H,13-16,22H2,1-3H3. The van der Waals surface area contributed by atoms with Gasteiger partial charge in [0.1, 0.15) is 24.2 Å². The zero-order chi connectivity index (χ0) is 26.6. The highest BCUT2D eigenvalue weighted by Gasteiger charge is 2.22. The molecule has 1 heterocycles. The molecule has 0 atom stereocenters. The van der Waals surface area contributed by atoms with E-state index in [2.05, 4.69) is 68.1 Å². The second kappa shape index (κ2) is 11.1. The summed E-state index contributed by atoms with van der Waals surface area (Å²) in [5.41, 5.74) is 8.18. The Morgan fingerprint density at radius 3 is 2.32 bits per heavy atom. The van der Waals surface area contributed by atoms with E-state index in [-0.39, 0.29) is 5.56 Å². The molecule has 0 bridgehead atoms. The third-order valence-corrected chi connectivity index (χ3v) is 7.67. The molecular weight excluding hydrogens is 471 g/mol. The van der Waals surface area contributed by atoms with Crippen LogP contribution in [0.1, 0.15) is 42.0 Å². The molecule has 192 valence electrons. The molecule has 0 radical (unpaired) electrons. The Balaban J connectivity index is 1.71. The van der Waals surface area contributed by atoms with Gasteiger partial charge in [0.2, 0.25) is 0 Å². The van der Waals surface area contributed by atoms with Gasteiger partial charge in [0.15, 0.2) is 0 Å². The Kier molecular flexibility index (Phi) is 7.47. The molecular formula is C34H33FN2O. The van der Waals surface area contributed by atoms with Crippen LogP contribution in [0, 0.1) is 36.9 Å². The highest BCUT2D eigenvalue weighted by molar-refractivity contribution is 5.91. The van der Waals surface area contributed by atoms with Crippen LogP contribution in [0.25, 0.3) is 22.3 Å². The van der Waals surface area contributed by atoms with Crippen molar-refractivity contribution in [3.05, 3.63) is 107 Å². The topological polar surface area (TPSA) is 36.3 Å².